The van der Waals surface area contributed by atoms with Crippen molar-refractivity contribution in [2.45, 2.75) is 31.8 Å². The van der Waals surface area contributed by atoms with Crippen molar-refractivity contribution < 1.29 is 18.7 Å². The van der Waals surface area contributed by atoms with Crippen LogP contribution in [0, 0.1) is 5.92 Å². The van der Waals surface area contributed by atoms with Gasteiger partial charge in [-0.1, -0.05) is 60.7 Å². The Hall–Kier alpha value is -3.42. The zero-order valence-corrected chi connectivity index (χ0v) is 21.9. The molecule has 200 valence electrons. The summed E-state index contributed by atoms with van der Waals surface area (Å²) in [6.07, 6.45) is 3.30. The first-order valence-corrected chi connectivity index (χ1v) is 13.7. The first-order chi connectivity index (χ1) is 18.7. The second-order valence-corrected chi connectivity index (χ2v) is 10.2. The number of rotatable bonds is 12. The van der Waals surface area contributed by atoms with Gasteiger partial charge in [-0.25, -0.2) is 0 Å². The van der Waals surface area contributed by atoms with Crippen molar-refractivity contribution in [3.05, 3.63) is 95.9 Å². The molecule has 1 saturated heterocycles. The highest BCUT2D eigenvalue weighted by molar-refractivity contribution is 5.88. The Morgan fingerprint density at radius 3 is 2.32 bits per heavy atom. The van der Waals surface area contributed by atoms with Gasteiger partial charge in [0.1, 0.15) is 5.76 Å². The van der Waals surface area contributed by atoms with Crippen LogP contribution in [-0.2, 0) is 27.4 Å². The van der Waals surface area contributed by atoms with Crippen molar-refractivity contribution in [1.29, 1.82) is 0 Å². The number of carbonyl (C=O) groups excluding carboxylic acids is 2. The summed E-state index contributed by atoms with van der Waals surface area (Å²) in [5, 5.41) is 0. The molecule has 0 spiro atoms. The van der Waals surface area contributed by atoms with E-state index in [9.17, 15) is 9.59 Å². The van der Waals surface area contributed by atoms with Crippen molar-refractivity contribution >= 4 is 11.8 Å². The lowest BCUT2D eigenvalue weighted by Gasteiger charge is -2.30. The molecule has 0 N–H and O–H groups in total. The van der Waals surface area contributed by atoms with Crippen LogP contribution in [0.5, 0.6) is 0 Å². The van der Waals surface area contributed by atoms with Crippen LogP contribution >= 0.6 is 0 Å². The minimum atomic E-state index is -0.0677. The average Bonchev–Trinajstić information content (AvgIpc) is 3.60. The fraction of sp³-hybridized carbons (Fsp3) is 0.419. The number of hydrogen-bond donors (Lipinski definition) is 0. The van der Waals surface area contributed by atoms with Crippen LogP contribution in [-0.4, -0.2) is 72.5 Å². The number of ether oxygens (including phenoxy) is 1. The van der Waals surface area contributed by atoms with Gasteiger partial charge in [-0.2, -0.15) is 0 Å². The predicted octanol–water partition coefficient (Wildman–Crippen LogP) is 4.16. The van der Waals surface area contributed by atoms with Gasteiger partial charge < -0.3 is 19.0 Å². The molecule has 2 aliphatic rings. The van der Waals surface area contributed by atoms with Gasteiger partial charge in [0.15, 0.2) is 0 Å². The molecule has 0 bridgehead atoms. The van der Waals surface area contributed by atoms with Crippen LogP contribution in [0.4, 0.5) is 0 Å². The van der Waals surface area contributed by atoms with Gasteiger partial charge in [-0.3, -0.25) is 14.5 Å². The zero-order chi connectivity index (χ0) is 26.2. The van der Waals surface area contributed by atoms with E-state index in [1.165, 1.54) is 5.56 Å². The monoisotopic (exact) mass is 515 g/mol. The maximum Gasteiger partial charge on any atom is 0.242 e. The Bertz CT molecular complexity index is 1150. The predicted molar refractivity (Wildman–Crippen MR) is 145 cm³/mol. The third-order valence-corrected chi connectivity index (χ3v) is 7.47. The first-order valence-electron chi connectivity index (χ1n) is 13.7. The molecular formula is C31H37N3O4. The van der Waals surface area contributed by atoms with Gasteiger partial charge in [-0.15, -0.1) is 0 Å². The number of nitrogens with zero attached hydrogens (tertiary/aromatic N) is 3. The highest BCUT2D eigenvalue weighted by Gasteiger charge is 2.46. The molecule has 3 aromatic rings. The molecule has 5 rings (SSSR count). The Morgan fingerprint density at radius 1 is 0.868 bits per heavy atom. The van der Waals surface area contributed by atoms with Crippen LogP contribution in [0.3, 0.4) is 0 Å². The molecule has 1 saturated carbocycles. The topological polar surface area (TPSA) is 66.2 Å². The molecule has 2 aromatic carbocycles. The molecule has 2 amide bonds. The molecule has 2 fully saturated rings. The lowest BCUT2D eigenvalue weighted by atomic mass is 10.1. The summed E-state index contributed by atoms with van der Waals surface area (Å²) >= 11 is 0. The maximum atomic E-state index is 13.7. The molecule has 1 aromatic heterocycles. The van der Waals surface area contributed by atoms with Gasteiger partial charge in [0.05, 0.1) is 32.6 Å². The molecule has 1 aliphatic heterocycles. The lowest BCUT2D eigenvalue weighted by molar-refractivity contribution is -0.142. The van der Waals surface area contributed by atoms with Crippen molar-refractivity contribution in [3.8, 4) is 0 Å². The minimum Gasteiger partial charge on any atom is -0.467 e. The highest BCUT2D eigenvalue weighted by atomic mass is 16.5. The molecule has 38 heavy (non-hydrogen) atoms. The summed E-state index contributed by atoms with van der Waals surface area (Å²) in [5.74, 6) is 0.935. The first kappa shape index (κ1) is 26.2. The van der Waals surface area contributed by atoms with Gasteiger partial charge in [-0.05, 0) is 42.0 Å². The van der Waals surface area contributed by atoms with Crippen molar-refractivity contribution in [1.82, 2.24) is 14.7 Å². The number of furan rings is 1. The molecule has 2 heterocycles. The number of hydrogen-bond acceptors (Lipinski definition) is 5. The summed E-state index contributed by atoms with van der Waals surface area (Å²) < 4.78 is 11.0. The van der Waals surface area contributed by atoms with Crippen molar-refractivity contribution in [3.63, 3.8) is 0 Å². The van der Waals surface area contributed by atoms with Crippen molar-refractivity contribution in [2.24, 2.45) is 5.92 Å². The Morgan fingerprint density at radius 2 is 1.61 bits per heavy atom. The summed E-state index contributed by atoms with van der Waals surface area (Å²) in [5.41, 5.74) is 2.25. The van der Waals surface area contributed by atoms with E-state index < -0.39 is 0 Å². The van der Waals surface area contributed by atoms with E-state index in [-0.39, 0.29) is 30.2 Å². The summed E-state index contributed by atoms with van der Waals surface area (Å²) in [7, 11) is 0. The number of amides is 2. The van der Waals surface area contributed by atoms with E-state index in [1.54, 1.807) is 16.1 Å². The minimum absolute atomic E-state index is 0.0544. The highest BCUT2D eigenvalue weighted by Crippen LogP contribution is 2.48. The van der Waals surface area contributed by atoms with Crippen molar-refractivity contribution in [2.75, 3.05) is 45.9 Å². The average molecular weight is 516 g/mol. The molecular weight excluding hydrogens is 478 g/mol. The zero-order valence-electron chi connectivity index (χ0n) is 21.9. The van der Waals surface area contributed by atoms with Gasteiger partial charge in [0.25, 0.3) is 0 Å². The SMILES string of the molecule is O=C(CN(CCCN1CCOCC1)C(=O)C1CC1c1ccccc1)N(Cc1ccccc1)Cc1ccco1. The standard InChI is InChI=1S/C31H37N3O4/c35-30(34(23-27-13-7-18-38-27)22-25-9-3-1-4-10-25)24-33(15-8-14-32-16-19-37-20-17-32)31(36)29-21-28(29)26-11-5-2-6-12-26/h1-7,9-13,18,28-29H,8,14-17,19-24H2. The van der Waals surface area contributed by atoms with Gasteiger partial charge in [0.2, 0.25) is 11.8 Å². The lowest BCUT2D eigenvalue weighted by Crippen LogP contribution is -2.44. The van der Waals surface area contributed by atoms with Crippen LogP contribution < -0.4 is 0 Å². The smallest absolute Gasteiger partial charge is 0.242 e. The van der Waals surface area contributed by atoms with E-state index in [1.807, 2.05) is 60.7 Å². The normalized spacial score (nSPS) is 19.2. The van der Waals surface area contributed by atoms with E-state index in [0.29, 0.717) is 19.6 Å². The number of benzene rings is 2. The van der Waals surface area contributed by atoms with Crippen LogP contribution in [0.25, 0.3) is 0 Å². The number of carbonyl (C=O) groups is 2. The van der Waals surface area contributed by atoms with Crippen LogP contribution in [0.15, 0.2) is 83.5 Å². The van der Waals surface area contributed by atoms with E-state index in [0.717, 1.165) is 57.0 Å². The van der Waals surface area contributed by atoms with E-state index >= 15 is 0 Å². The largest absolute Gasteiger partial charge is 0.467 e. The van der Waals surface area contributed by atoms with Crippen LogP contribution in [0.2, 0.25) is 0 Å². The van der Waals surface area contributed by atoms with E-state index in [2.05, 4.69) is 17.0 Å². The summed E-state index contributed by atoms with van der Waals surface area (Å²) in [6.45, 7) is 5.71. The molecule has 1 aliphatic carbocycles. The Kier molecular flexibility index (Phi) is 8.89. The Balaban J connectivity index is 1.27. The van der Waals surface area contributed by atoms with Crippen LogP contribution in [0.1, 0.15) is 35.6 Å². The molecule has 2 atom stereocenters. The van der Waals surface area contributed by atoms with Gasteiger partial charge >= 0.3 is 0 Å². The third-order valence-electron chi connectivity index (χ3n) is 7.47. The molecule has 7 nitrogen and oxygen atoms in total. The quantitative estimate of drug-likeness (QED) is 0.362. The molecule has 0 radical (unpaired) electrons. The molecule has 7 heteroatoms. The van der Waals surface area contributed by atoms with E-state index in [4.69, 9.17) is 9.15 Å². The number of morpholine rings is 1. The third kappa shape index (κ3) is 7.11. The fourth-order valence-corrected chi connectivity index (χ4v) is 5.24. The summed E-state index contributed by atoms with van der Waals surface area (Å²) in [6, 6.07) is 23.9. The molecule has 2 unspecified atom stereocenters. The Labute approximate surface area is 225 Å². The van der Waals surface area contributed by atoms with Gasteiger partial charge in [0, 0.05) is 38.6 Å². The second-order valence-electron chi connectivity index (χ2n) is 10.2. The second kappa shape index (κ2) is 12.9. The maximum absolute atomic E-state index is 13.7. The fourth-order valence-electron chi connectivity index (χ4n) is 5.24. The summed E-state index contributed by atoms with van der Waals surface area (Å²) in [4.78, 5) is 33.4.